The number of aryl methyl sites for hydroxylation is 1. The summed E-state index contributed by atoms with van der Waals surface area (Å²) in [4.78, 5) is 17.0. The molecular formula is C18H23N3O2. The van der Waals surface area contributed by atoms with Crippen LogP contribution in [0.1, 0.15) is 47.4 Å². The molecule has 1 aliphatic rings. The second kappa shape index (κ2) is 6.54. The Hall–Kier alpha value is -2.14. The van der Waals surface area contributed by atoms with Gasteiger partial charge in [-0.3, -0.25) is 4.79 Å². The van der Waals surface area contributed by atoms with Gasteiger partial charge in [-0.15, -0.1) is 0 Å². The molecule has 0 unspecified atom stereocenters. The maximum atomic E-state index is 12.6. The molecule has 0 aromatic carbocycles. The van der Waals surface area contributed by atoms with Gasteiger partial charge in [-0.1, -0.05) is 6.07 Å². The summed E-state index contributed by atoms with van der Waals surface area (Å²) >= 11 is 0. The summed E-state index contributed by atoms with van der Waals surface area (Å²) in [5.74, 6) is 0.781. The third kappa shape index (κ3) is 3.29. The van der Waals surface area contributed by atoms with E-state index in [0.717, 1.165) is 42.9 Å². The first-order valence-corrected chi connectivity index (χ1v) is 8.15. The third-order valence-electron chi connectivity index (χ3n) is 4.59. The number of rotatable bonds is 3. The lowest BCUT2D eigenvalue weighted by Gasteiger charge is -2.26. The summed E-state index contributed by atoms with van der Waals surface area (Å²) in [7, 11) is 0. The number of hydrogen-bond donors (Lipinski definition) is 2. The number of carbonyl (C=O) groups is 1. The minimum absolute atomic E-state index is 0.0401. The van der Waals surface area contributed by atoms with Crippen LogP contribution < -0.4 is 5.32 Å². The fourth-order valence-electron chi connectivity index (χ4n) is 3.31. The summed E-state index contributed by atoms with van der Waals surface area (Å²) in [5.41, 5.74) is 2.58. The van der Waals surface area contributed by atoms with Crippen LogP contribution in [0.2, 0.25) is 0 Å². The van der Waals surface area contributed by atoms with Gasteiger partial charge in [-0.25, -0.2) is 4.98 Å². The van der Waals surface area contributed by atoms with E-state index in [1.165, 1.54) is 0 Å². The van der Waals surface area contributed by atoms with Crippen LogP contribution in [0.25, 0.3) is 5.82 Å². The Labute approximate surface area is 136 Å². The number of nitrogens with zero attached hydrogens (tertiary/aromatic N) is 2. The van der Waals surface area contributed by atoms with Gasteiger partial charge >= 0.3 is 0 Å². The van der Waals surface area contributed by atoms with Gasteiger partial charge in [-0.2, -0.15) is 0 Å². The molecule has 0 saturated heterocycles. The van der Waals surface area contributed by atoms with Gasteiger partial charge in [-0.05, 0) is 57.7 Å². The van der Waals surface area contributed by atoms with Gasteiger partial charge < -0.3 is 15.0 Å². The highest BCUT2D eigenvalue weighted by Crippen LogP contribution is 2.22. The molecule has 1 fully saturated rings. The SMILES string of the molecule is Cc1cc(C(=O)NC2CCC(O)CC2)c(C)n1-c1ccccn1. The van der Waals surface area contributed by atoms with Crippen LogP contribution in [-0.4, -0.2) is 32.7 Å². The number of pyridine rings is 1. The molecule has 122 valence electrons. The van der Waals surface area contributed by atoms with Crippen molar-refractivity contribution >= 4 is 5.91 Å². The van der Waals surface area contributed by atoms with Crippen molar-refractivity contribution in [3.63, 3.8) is 0 Å². The Morgan fingerprint density at radius 1 is 1.26 bits per heavy atom. The van der Waals surface area contributed by atoms with E-state index in [-0.39, 0.29) is 18.1 Å². The minimum atomic E-state index is -0.211. The number of aromatic nitrogens is 2. The van der Waals surface area contributed by atoms with E-state index in [1.54, 1.807) is 6.20 Å². The lowest BCUT2D eigenvalue weighted by molar-refractivity contribution is 0.0867. The molecule has 2 aromatic heterocycles. The number of nitrogens with one attached hydrogen (secondary N) is 1. The Balaban J connectivity index is 1.79. The predicted molar refractivity (Wildman–Crippen MR) is 88.8 cm³/mol. The Bertz CT molecular complexity index is 686. The van der Waals surface area contributed by atoms with Gasteiger partial charge in [0, 0.05) is 23.6 Å². The summed E-state index contributed by atoms with van der Waals surface area (Å²) in [6.45, 7) is 3.93. The lowest BCUT2D eigenvalue weighted by atomic mass is 9.93. The molecule has 0 atom stereocenters. The van der Waals surface area contributed by atoms with E-state index in [4.69, 9.17) is 0 Å². The molecule has 3 rings (SSSR count). The first-order valence-electron chi connectivity index (χ1n) is 8.15. The molecular weight excluding hydrogens is 290 g/mol. The third-order valence-corrected chi connectivity index (χ3v) is 4.59. The minimum Gasteiger partial charge on any atom is -0.393 e. The quantitative estimate of drug-likeness (QED) is 0.915. The number of aliphatic hydroxyl groups excluding tert-OH is 1. The first kappa shape index (κ1) is 15.7. The molecule has 1 amide bonds. The van der Waals surface area contributed by atoms with Crippen molar-refractivity contribution in [2.45, 2.75) is 51.7 Å². The van der Waals surface area contributed by atoms with Crippen molar-refractivity contribution in [3.05, 3.63) is 47.4 Å². The van der Waals surface area contributed by atoms with Gasteiger partial charge in [0.1, 0.15) is 5.82 Å². The summed E-state index contributed by atoms with van der Waals surface area (Å²) in [6.07, 6.45) is 4.74. The van der Waals surface area contributed by atoms with Crippen LogP contribution in [0.3, 0.4) is 0 Å². The lowest BCUT2D eigenvalue weighted by Crippen LogP contribution is -2.38. The van der Waals surface area contributed by atoms with Crippen molar-refractivity contribution in [1.82, 2.24) is 14.9 Å². The van der Waals surface area contributed by atoms with Crippen LogP contribution >= 0.6 is 0 Å². The Kier molecular flexibility index (Phi) is 4.48. The number of amides is 1. The average molecular weight is 313 g/mol. The molecule has 0 bridgehead atoms. The second-order valence-corrected chi connectivity index (χ2v) is 6.29. The van der Waals surface area contributed by atoms with E-state index in [9.17, 15) is 9.90 Å². The van der Waals surface area contributed by atoms with Crippen molar-refractivity contribution in [3.8, 4) is 5.82 Å². The summed E-state index contributed by atoms with van der Waals surface area (Å²) < 4.78 is 2.00. The van der Waals surface area contributed by atoms with Crippen LogP contribution in [0.15, 0.2) is 30.5 Å². The van der Waals surface area contributed by atoms with Gasteiger partial charge in [0.05, 0.1) is 11.7 Å². The molecule has 2 aromatic rings. The Morgan fingerprint density at radius 2 is 2.00 bits per heavy atom. The highest BCUT2D eigenvalue weighted by atomic mass is 16.3. The van der Waals surface area contributed by atoms with E-state index < -0.39 is 0 Å². The topological polar surface area (TPSA) is 67.2 Å². The van der Waals surface area contributed by atoms with E-state index in [2.05, 4.69) is 10.3 Å². The van der Waals surface area contributed by atoms with Crippen molar-refractivity contribution in [1.29, 1.82) is 0 Å². The van der Waals surface area contributed by atoms with E-state index in [0.29, 0.717) is 5.56 Å². The van der Waals surface area contributed by atoms with Gasteiger partial charge in [0.2, 0.25) is 0 Å². The molecule has 0 aliphatic heterocycles. The summed E-state index contributed by atoms with van der Waals surface area (Å²) in [6, 6.07) is 7.82. The number of hydrogen-bond acceptors (Lipinski definition) is 3. The molecule has 2 heterocycles. The van der Waals surface area contributed by atoms with Crippen molar-refractivity contribution < 1.29 is 9.90 Å². The smallest absolute Gasteiger partial charge is 0.253 e. The largest absolute Gasteiger partial charge is 0.393 e. The summed E-state index contributed by atoms with van der Waals surface area (Å²) in [5, 5.41) is 12.7. The highest BCUT2D eigenvalue weighted by Gasteiger charge is 2.23. The molecule has 1 saturated carbocycles. The van der Waals surface area contributed by atoms with Crippen LogP contribution in [-0.2, 0) is 0 Å². The predicted octanol–water partition coefficient (Wildman–Crippen LogP) is 2.52. The highest BCUT2D eigenvalue weighted by molar-refractivity contribution is 5.96. The monoisotopic (exact) mass is 313 g/mol. The van der Waals surface area contributed by atoms with E-state index >= 15 is 0 Å². The molecule has 0 radical (unpaired) electrons. The Morgan fingerprint density at radius 3 is 2.65 bits per heavy atom. The van der Waals surface area contributed by atoms with Gasteiger partial charge in [0.25, 0.3) is 5.91 Å². The molecule has 5 nitrogen and oxygen atoms in total. The average Bonchev–Trinajstić information content (AvgIpc) is 2.85. The molecule has 0 spiro atoms. The molecule has 23 heavy (non-hydrogen) atoms. The number of aliphatic hydroxyl groups is 1. The number of carbonyl (C=O) groups excluding carboxylic acids is 1. The molecule has 1 aliphatic carbocycles. The molecule has 5 heteroatoms. The van der Waals surface area contributed by atoms with E-state index in [1.807, 2.05) is 42.7 Å². The maximum Gasteiger partial charge on any atom is 0.253 e. The molecule has 2 N–H and O–H groups in total. The second-order valence-electron chi connectivity index (χ2n) is 6.29. The standard InChI is InChI=1S/C18H23N3O2/c1-12-11-16(13(2)21(12)17-5-3-4-10-19-17)18(23)20-14-6-8-15(22)9-7-14/h3-5,10-11,14-15,22H,6-9H2,1-2H3,(H,20,23). The fraction of sp³-hybridized carbons (Fsp3) is 0.444. The fourth-order valence-corrected chi connectivity index (χ4v) is 3.31. The van der Waals surface area contributed by atoms with Crippen LogP contribution in [0, 0.1) is 13.8 Å². The zero-order chi connectivity index (χ0) is 16.4. The normalized spacial score (nSPS) is 21.2. The van der Waals surface area contributed by atoms with Gasteiger partial charge in [0.15, 0.2) is 0 Å². The van der Waals surface area contributed by atoms with Crippen LogP contribution in [0.5, 0.6) is 0 Å². The maximum absolute atomic E-state index is 12.6. The zero-order valence-electron chi connectivity index (χ0n) is 13.6. The van der Waals surface area contributed by atoms with Crippen LogP contribution in [0.4, 0.5) is 0 Å². The van der Waals surface area contributed by atoms with Crippen molar-refractivity contribution in [2.24, 2.45) is 0 Å². The zero-order valence-corrected chi connectivity index (χ0v) is 13.6. The first-order chi connectivity index (χ1) is 11.1. The van der Waals surface area contributed by atoms with Crippen molar-refractivity contribution in [2.75, 3.05) is 0 Å².